The zero-order valence-electron chi connectivity index (χ0n) is 14.9. The van der Waals surface area contributed by atoms with Crippen molar-refractivity contribution in [3.63, 3.8) is 0 Å². The first kappa shape index (κ1) is 19.7. The van der Waals surface area contributed by atoms with Crippen LogP contribution in [-0.2, 0) is 19.6 Å². The molecule has 0 bridgehead atoms. The van der Waals surface area contributed by atoms with E-state index in [0.717, 1.165) is 23.4 Å². The van der Waals surface area contributed by atoms with Gasteiger partial charge < -0.3 is 14.8 Å². The fourth-order valence-corrected chi connectivity index (χ4v) is 3.40. The monoisotopic (exact) mass is 370 g/mol. The number of ether oxygens (including phenoxy) is 2. The molecule has 1 heterocycles. The molecule has 1 aliphatic rings. The Labute approximate surface area is 149 Å². The molecule has 1 aromatic carbocycles. The van der Waals surface area contributed by atoms with Crippen LogP contribution in [0.15, 0.2) is 24.3 Å². The Hall–Kier alpha value is -1.64. The summed E-state index contributed by atoms with van der Waals surface area (Å²) in [4.78, 5) is 12.4. The molecular weight excluding hydrogens is 344 g/mol. The second-order valence-electron chi connectivity index (χ2n) is 6.40. The summed E-state index contributed by atoms with van der Waals surface area (Å²) in [6.07, 6.45) is 2.63. The summed E-state index contributed by atoms with van der Waals surface area (Å²) in [5, 5.41) is 2.73. The van der Waals surface area contributed by atoms with Gasteiger partial charge in [0.2, 0.25) is 15.9 Å². The maximum atomic E-state index is 12.4. The Bertz CT molecular complexity index is 684. The molecular formula is C17H26N2O5S. The molecule has 140 valence electrons. The molecule has 8 heteroatoms. The molecule has 1 N–H and O–H groups in total. The molecule has 2 rings (SSSR count). The Morgan fingerprint density at radius 2 is 2.12 bits per heavy atom. The number of benzene rings is 1. The first-order valence-electron chi connectivity index (χ1n) is 8.38. The van der Waals surface area contributed by atoms with E-state index in [-0.39, 0.29) is 25.3 Å². The Morgan fingerprint density at radius 3 is 2.72 bits per heavy atom. The van der Waals surface area contributed by atoms with Gasteiger partial charge in [-0.25, -0.2) is 8.42 Å². The summed E-state index contributed by atoms with van der Waals surface area (Å²) in [6, 6.07) is 7.08. The first-order chi connectivity index (χ1) is 11.8. The SMILES string of the molecule is CC(C)Oc1ccccc1NC(=O)CN(CC1CCCO1)S(C)(=O)=O. The van der Waals surface area contributed by atoms with E-state index in [1.165, 1.54) is 0 Å². The number of para-hydroxylation sites is 2. The summed E-state index contributed by atoms with van der Waals surface area (Å²) in [7, 11) is -3.51. The van der Waals surface area contributed by atoms with Gasteiger partial charge in [0.25, 0.3) is 0 Å². The van der Waals surface area contributed by atoms with Gasteiger partial charge in [-0.05, 0) is 38.8 Å². The van der Waals surface area contributed by atoms with Crippen molar-refractivity contribution < 1.29 is 22.7 Å². The van der Waals surface area contributed by atoms with Crippen LogP contribution in [0.4, 0.5) is 5.69 Å². The van der Waals surface area contributed by atoms with Gasteiger partial charge in [-0.1, -0.05) is 12.1 Å². The molecule has 1 atom stereocenters. The predicted octanol–water partition coefficient (Wildman–Crippen LogP) is 1.85. The number of sulfonamides is 1. The normalized spacial score (nSPS) is 17.9. The minimum Gasteiger partial charge on any atom is -0.489 e. The van der Waals surface area contributed by atoms with E-state index in [4.69, 9.17) is 9.47 Å². The van der Waals surface area contributed by atoms with Crippen molar-refractivity contribution in [1.82, 2.24) is 4.31 Å². The van der Waals surface area contributed by atoms with E-state index in [1.54, 1.807) is 18.2 Å². The lowest BCUT2D eigenvalue weighted by molar-refractivity contribution is -0.116. The quantitative estimate of drug-likeness (QED) is 0.755. The molecule has 1 saturated heterocycles. The fraction of sp³-hybridized carbons (Fsp3) is 0.588. The zero-order valence-corrected chi connectivity index (χ0v) is 15.7. The fourth-order valence-electron chi connectivity index (χ4n) is 2.61. The first-order valence-corrected chi connectivity index (χ1v) is 10.2. The second kappa shape index (κ2) is 8.64. The summed E-state index contributed by atoms with van der Waals surface area (Å²) in [5.41, 5.74) is 0.520. The summed E-state index contributed by atoms with van der Waals surface area (Å²) in [6.45, 7) is 4.36. The molecule has 0 aliphatic carbocycles. The van der Waals surface area contributed by atoms with E-state index in [9.17, 15) is 13.2 Å². The lowest BCUT2D eigenvalue weighted by Crippen LogP contribution is -2.41. The largest absolute Gasteiger partial charge is 0.489 e. The van der Waals surface area contributed by atoms with Crippen LogP contribution in [0, 0.1) is 0 Å². The van der Waals surface area contributed by atoms with Crippen LogP contribution < -0.4 is 10.1 Å². The number of hydrogen-bond acceptors (Lipinski definition) is 5. The van der Waals surface area contributed by atoms with Crippen LogP contribution in [0.25, 0.3) is 0 Å². The molecule has 1 aliphatic heterocycles. The molecule has 0 aromatic heterocycles. The zero-order chi connectivity index (χ0) is 18.4. The Morgan fingerprint density at radius 1 is 1.40 bits per heavy atom. The molecule has 1 amide bonds. The highest BCUT2D eigenvalue weighted by Gasteiger charge is 2.26. The molecule has 1 fully saturated rings. The van der Waals surface area contributed by atoms with Crippen LogP contribution in [0.5, 0.6) is 5.75 Å². The van der Waals surface area contributed by atoms with Crippen LogP contribution in [0.2, 0.25) is 0 Å². The second-order valence-corrected chi connectivity index (χ2v) is 8.38. The maximum absolute atomic E-state index is 12.4. The third-order valence-electron chi connectivity index (χ3n) is 3.74. The summed E-state index contributed by atoms with van der Waals surface area (Å²) >= 11 is 0. The van der Waals surface area contributed by atoms with Crippen molar-refractivity contribution >= 4 is 21.6 Å². The molecule has 0 saturated carbocycles. The van der Waals surface area contributed by atoms with Gasteiger partial charge in [0.15, 0.2) is 0 Å². The van der Waals surface area contributed by atoms with Crippen LogP contribution in [-0.4, -0.2) is 56.8 Å². The van der Waals surface area contributed by atoms with Crippen LogP contribution in [0.1, 0.15) is 26.7 Å². The Kier molecular flexibility index (Phi) is 6.80. The van der Waals surface area contributed by atoms with Crippen molar-refractivity contribution in [2.45, 2.75) is 38.9 Å². The van der Waals surface area contributed by atoms with Gasteiger partial charge >= 0.3 is 0 Å². The average Bonchev–Trinajstić information content (AvgIpc) is 3.00. The van der Waals surface area contributed by atoms with Gasteiger partial charge in [-0.3, -0.25) is 4.79 Å². The number of hydrogen-bond donors (Lipinski definition) is 1. The smallest absolute Gasteiger partial charge is 0.239 e. The third kappa shape index (κ3) is 6.30. The van der Waals surface area contributed by atoms with Crippen LogP contribution in [0.3, 0.4) is 0 Å². The van der Waals surface area contributed by atoms with Crippen molar-refractivity contribution in [3.8, 4) is 5.75 Å². The molecule has 0 spiro atoms. The van der Waals surface area contributed by atoms with Gasteiger partial charge in [0, 0.05) is 13.2 Å². The van der Waals surface area contributed by atoms with Crippen molar-refractivity contribution in [2.24, 2.45) is 0 Å². The average molecular weight is 370 g/mol. The van der Waals surface area contributed by atoms with Crippen molar-refractivity contribution in [2.75, 3.05) is 31.3 Å². The number of carbonyl (C=O) groups excluding carboxylic acids is 1. The van der Waals surface area contributed by atoms with Gasteiger partial charge in [-0.15, -0.1) is 0 Å². The lowest BCUT2D eigenvalue weighted by atomic mass is 10.2. The van der Waals surface area contributed by atoms with E-state index < -0.39 is 15.9 Å². The summed E-state index contributed by atoms with van der Waals surface area (Å²) in [5.74, 6) is 0.138. The topological polar surface area (TPSA) is 84.9 Å². The summed E-state index contributed by atoms with van der Waals surface area (Å²) < 4.78 is 36.3. The van der Waals surface area contributed by atoms with Crippen molar-refractivity contribution in [3.05, 3.63) is 24.3 Å². The molecule has 0 radical (unpaired) electrons. The lowest BCUT2D eigenvalue weighted by Gasteiger charge is -2.23. The number of amides is 1. The number of nitrogens with one attached hydrogen (secondary N) is 1. The Balaban J connectivity index is 2.03. The molecule has 7 nitrogen and oxygen atoms in total. The number of nitrogens with zero attached hydrogens (tertiary/aromatic N) is 1. The van der Waals surface area contributed by atoms with E-state index in [1.807, 2.05) is 19.9 Å². The number of rotatable bonds is 8. The van der Waals surface area contributed by atoms with Gasteiger partial charge in [-0.2, -0.15) is 4.31 Å². The minimum absolute atomic E-state index is 0.0370. The van der Waals surface area contributed by atoms with E-state index in [2.05, 4.69) is 5.32 Å². The molecule has 25 heavy (non-hydrogen) atoms. The minimum atomic E-state index is -3.51. The third-order valence-corrected chi connectivity index (χ3v) is 4.96. The van der Waals surface area contributed by atoms with Crippen LogP contribution >= 0.6 is 0 Å². The highest BCUT2D eigenvalue weighted by molar-refractivity contribution is 7.88. The molecule has 1 aromatic rings. The van der Waals surface area contributed by atoms with Gasteiger partial charge in [0.05, 0.1) is 30.7 Å². The predicted molar refractivity (Wildman–Crippen MR) is 96.2 cm³/mol. The van der Waals surface area contributed by atoms with Gasteiger partial charge in [0.1, 0.15) is 5.75 Å². The highest BCUT2D eigenvalue weighted by atomic mass is 32.2. The molecule has 1 unspecified atom stereocenters. The number of carbonyl (C=O) groups is 1. The number of anilines is 1. The standard InChI is InChI=1S/C17H26N2O5S/c1-13(2)24-16-9-5-4-8-15(16)18-17(20)12-19(25(3,21)22)11-14-7-6-10-23-14/h4-5,8-9,13-14H,6-7,10-12H2,1-3H3,(H,18,20). The van der Waals surface area contributed by atoms with Crippen molar-refractivity contribution in [1.29, 1.82) is 0 Å². The maximum Gasteiger partial charge on any atom is 0.239 e. The van der Waals surface area contributed by atoms with E-state index >= 15 is 0 Å². The highest BCUT2D eigenvalue weighted by Crippen LogP contribution is 2.25. The van der Waals surface area contributed by atoms with E-state index in [0.29, 0.717) is 18.0 Å².